The van der Waals surface area contributed by atoms with Crippen LogP contribution in [0.2, 0.25) is 0 Å². The number of benzene rings is 1. The lowest BCUT2D eigenvalue weighted by Gasteiger charge is -2.11. The van der Waals surface area contributed by atoms with Gasteiger partial charge in [0.25, 0.3) is 0 Å². The average molecular weight is 192 g/mol. The highest BCUT2D eigenvalue weighted by atomic mass is 16.5. The first kappa shape index (κ1) is 11.1. The molecule has 0 saturated heterocycles. The molecule has 0 N–H and O–H groups in total. The highest BCUT2D eigenvalue weighted by molar-refractivity contribution is 5.44. The van der Waals surface area contributed by atoms with Gasteiger partial charge in [0.2, 0.25) is 0 Å². The lowest BCUT2D eigenvalue weighted by Crippen LogP contribution is -1.96. The molecule has 1 aromatic carbocycles. The Morgan fingerprint density at radius 1 is 1.14 bits per heavy atom. The Kier molecular flexibility index (Phi) is 3.56. The van der Waals surface area contributed by atoms with Crippen molar-refractivity contribution in [2.24, 2.45) is 0 Å². The van der Waals surface area contributed by atoms with E-state index < -0.39 is 0 Å². The van der Waals surface area contributed by atoms with Crippen LogP contribution in [0.1, 0.15) is 37.0 Å². The van der Waals surface area contributed by atoms with Gasteiger partial charge in [-0.15, -0.1) is 0 Å². The van der Waals surface area contributed by atoms with Gasteiger partial charge in [0.05, 0.1) is 6.61 Å². The molecular formula is C13H20O. The molecule has 0 bridgehead atoms. The van der Waals surface area contributed by atoms with Gasteiger partial charge in [-0.25, -0.2) is 0 Å². The van der Waals surface area contributed by atoms with Crippen molar-refractivity contribution < 1.29 is 4.74 Å². The van der Waals surface area contributed by atoms with Crippen LogP contribution in [0.3, 0.4) is 0 Å². The number of ether oxygens (including phenoxy) is 1. The Balaban J connectivity index is 0.000000980. The van der Waals surface area contributed by atoms with Crippen LogP contribution in [-0.2, 0) is 6.42 Å². The molecule has 2 rings (SSSR count). The second kappa shape index (κ2) is 4.50. The summed E-state index contributed by atoms with van der Waals surface area (Å²) in [5.41, 5.74) is 4.22. The molecule has 0 unspecified atom stereocenters. The van der Waals surface area contributed by atoms with Crippen molar-refractivity contribution >= 4 is 0 Å². The Morgan fingerprint density at radius 2 is 1.93 bits per heavy atom. The van der Waals surface area contributed by atoms with Gasteiger partial charge in [0, 0.05) is 0 Å². The standard InChI is InChI=1S/C12H16O.CH4/c1-9-6-7-12-11(10(9)2)5-3-4-8-13-12;/h6-7H,3-5,8H2,1-2H3;1H4. The van der Waals surface area contributed by atoms with Gasteiger partial charge in [-0.05, 0) is 55.9 Å². The first-order chi connectivity index (χ1) is 6.29. The fourth-order valence-corrected chi connectivity index (χ4v) is 1.88. The Bertz CT molecular complexity index is 315. The van der Waals surface area contributed by atoms with Crippen LogP contribution >= 0.6 is 0 Å². The third-order valence-corrected chi connectivity index (χ3v) is 2.90. The molecular weight excluding hydrogens is 172 g/mol. The summed E-state index contributed by atoms with van der Waals surface area (Å²) in [4.78, 5) is 0. The molecule has 1 heterocycles. The Morgan fingerprint density at radius 3 is 2.71 bits per heavy atom. The summed E-state index contributed by atoms with van der Waals surface area (Å²) in [6.45, 7) is 5.25. The predicted octanol–water partition coefficient (Wildman–Crippen LogP) is 3.65. The van der Waals surface area contributed by atoms with Crippen LogP contribution < -0.4 is 4.74 Å². The molecule has 1 heteroatoms. The average Bonchev–Trinajstić information content (AvgIpc) is 2.36. The van der Waals surface area contributed by atoms with Crippen LogP contribution in [0.25, 0.3) is 0 Å². The van der Waals surface area contributed by atoms with E-state index in [-0.39, 0.29) is 7.43 Å². The van der Waals surface area contributed by atoms with E-state index in [9.17, 15) is 0 Å². The number of hydrogen-bond donors (Lipinski definition) is 0. The molecule has 0 aliphatic carbocycles. The van der Waals surface area contributed by atoms with Crippen LogP contribution in [0.5, 0.6) is 5.75 Å². The number of hydrogen-bond acceptors (Lipinski definition) is 1. The van der Waals surface area contributed by atoms with Gasteiger partial charge in [0.1, 0.15) is 5.75 Å². The first-order valence-electron chi connectivity index (χ1n) is 5.01. The number of fused-ring (bicyclic) bond motifs is 1. The van der Waals surface area contributed by atoms with Crippen molar-refractivity contribution in [3.8, 4) is 5.75 Å². The molecule has 0 aromatic heterocycles. The topological polar surface area (TPSA) is 9.23 Å². The van der Waals surface area contributed by atoms with Crippen molar-refractivity contribution in [2.45, 2.75) is 40.5 Å². The highest BCUT2D eigenvalue weighted by Gasteiger charge is 2.11. The van der Waals surface area contributed by atoms with E-state index in [0.29, 0.717) is 0 Å². The second-order valence-corrected chi connectivity index (χ2v) is 3.79. The minimum Gasteiger partial charge on any atom is -0.493 e. The van der Waals surface area contributed by atoms with Crippen molar-refractivity contribution in [3.63, 3.8) is 0 Å². The zero-order chi connectivity index (χ0) is 9.26. The minimum absolute atomic E-state index is 0. The molecule has 14 heavy (non-hydrogen) atoms. The van der Waals surface area contributed by atoms with E-state index in [4.69, 9.17) is 4.74 Å². The van der Waals surface area contributed by atoms with Crippen molar-refractivity contribution in [3.05, 3.63) is 28.8 Å². The second-order valence-electron chi connectivity index (χ2n) is 3.79. The normalized spacial score (nSPS) is 14.7. The van der Waals surface area contributed by atoms with Crippen LogP contribution in [0.15, 0.2) is 12.1 Å². The van der Waals surface area contributed by atoms with Gasteiger partial charge >= 0.3 is 0 Å². The van der Waals surface area contributed by atoms with E-state index in [1.165, 1.54) is 36.0 Å². The smallest absolute Gasteiger partial charge is 0.122 e. The van der Waals surface area contributed by atoms with Crippen LogP contribution in [-0.4, -0.2) is 6.61 Å². The summed E-state index contributed by atoms with van der Waals surface area (Å²) >= 11 is 0. The summed E-state index contributed by atoms with van der Waals surface area (Å²) < 4.78 is 5.68. The maximum absolute atomic E-state index is 5.68. The van der Waals surface area contributed by atoms with Crippen LogP contribution in [0.4, 0.5) is 0 Å². The number of aryl methyl sites for hydroxylation is 1. The summed E-state index contributed by atoms with van der Waals surface area (Å²) in [5, 5.41) is 0. The van der Waals surface area contributed by atoms with Crippen molar-refractivity contribution in [2.75, 3.05) is 6.61 Å². The summed E-state index contributed by atoms with van der Waals surface area (Å²) in [6, 6.07) is 4.27. The van der Waals surface area contributed by atoms with E-state index in [1.807, 2.05) is 0 Å². The van der Waals surface area contributed by atoms with Gasteiger partial charge in [-0.1, -0.05) is 13.5 Å². The lowest BCUT2D eigenvalue weighted by atomic mass is 9.99. The molecule has 1 nitrogen and oxygen atoms in total. The molecule has 0 amide bonds. The van der Waals surface area contributed by atoms with Gasteiger partial charge in [-0.3, -0.25) is 0 Å². The molecule has 0 radical (unpaired) electrons. The molecule has 1 aliphatic heterocycles. The lowest BCUT2D eigenvalue weighted by molar-refractivity contribution is 0.316. The fourth-order valence-electron chi connectivity index (χ4n) is 1.88. The largest absolute Gasteiger partial charge is 0.493 e. The maximum Gasteiger partial charge on any atom is 0.122 e. The summed E-state index contributed by atoms with van der Waals surface area (Å²) in [7, 11) is 0. The fraction of sp³-hybridized carbons (Fsp3) is 0.538. The molecule has 78 valence electrons. The van der Waals surface area contributed by atoms with E-state index in [0.717, 1.165) is 12.4 Å². The highest BCUT2D eigenvalue weighted by Crippen LogP contribution is 2.28. The molecule has 1 aliphatic rings. The predicted molar refractivity (Wildman–Crippen MR) is 61.1 cm³/mol. The molecule has 0 atom stereocenters. The van der Waals surface area contributed by atoms with E-state index in [1.54, 1.807) is 0 Å². The molecule has 0 saturated carbocycles. The third kappa shape index (κ3) is 1.92. The van der Waals surface area contributed by atoms with Crippen molar-refractivity contribution in [1.82, 2.24) is 0 Å². The third-order valence-electron chi connectivity index (χ3n) is 2.90. The molecule has 1 aromatic rings. The minimum atomic E-state index is 0. The molecule has 0 fully saturated rings. The summed E-state index contributed by atoms with van der Waals surface area (Å²) in [5.74, 6) is 1.11. The molecule has 0 spiro atoms. The van der Waals surface area contributed by atoms with Crippen molar-refractivity contribution in [1.29, 1.82) is 0 Å². The Labute approximate surface area is 87.1 Å². The monoisotopic (exact) mass is 192 g/mol. The van der Waals surface area contributed by atoms with Crippen LogP contribution in [0, 0.1) is 13.8 Å². The van der Waals surface area contributed by atoms with E-state index in [2.05, 4.69) is 26.0 Å². The Hall–Kier alpha value is -0.980. The zero-order valence-electron chi connectivity index (χ0n) is 8.39. The van der Waals surface area contributed by atoms with Gasteiger partial charge in [-0.2, -0.15) is 0 Å². The summed E-state index contributed by atoms with van der Waals surface area (Å²) in [6.07, 6.45) is 3.63. The van der Waals surface area contributed by atoms with Gasteiger partial charge in [0.15, 0.2) is 0 Å². The zero-order valence-corrected chi connectivity index (χ0v) is 8.39. The van der Waals surface area contributed by atoms with Gasteiger partial charge < -0.3 is 4.74 Å². The maximum atomic E-state index is 5.68. The first-order valence-corrected chi connectivity index (χ1v) is 5.01. The SMILES string of the molecule is C.Cc1ccc2c(c1C)CCCCO2. The quantitative estimate of drug-likeness (QED) is 0.609. The number of rotatable bonds is 0. The van der Waals surface area contributed by atoms with E-state index >= 15 is 0 Å².